The highest BCUT2D eigenvalue weighted by atomic mass is 16.3. The zero-order valence-corrected chi connectivity index (χ0v) is 10.2. The number of carbonyl (C=O) groups is 1. The topological polar surface area (TPSA) is 40.5 Å². The summed E-state index contributed by atoms with van der Waals surface area (Å²) in [7, 11) is 1.98. The van der Waals surface area contributed by atoms with Crippen LogP contribution in [0, 0.1) is 0 Å². The van der Waals surface area contributed by atoms with Crippen LogP contribution in [0.3, 0.4) is 0 Å². The van der Waals surface area contributed by atoms with E-state index >= 15 is 0 Å². The van der Waals surface area contributed by atoms with Gasteiger partial charge in [-0.2, -0.15) is 0 Å². The van der Waals surface area contributed by atoms with E-state index in [1.54, 1.807) is 12.1 Å². The number of anilines is 1. The summed E-state index contributed by atoms with van der Waals surface area (Å²) in [6.07, 6.45) is 4.87. The van der Waals surface area contributed by atoms with Gasteiger partial charge in [-0.15, -0.1) is 0 Å². The Morgan fingerprint density at radius 3 is 2.41 bits per heavy atom. The van der Waals surface area contributed by atoms with Crippen LogP contribution in [0.25, 0.3) is 0 Å². The molecule has 1 aromatic rings. The number of benzene rings is 1. The van der Waals surface area contributed by atoms with Gasteiger partial charge >= 0.3 is 0 Å². The molecule has 2 rings (SSSR count). The highest BCUT2D eigenvalue weighted by Crippen LogP contribution is 2.31. The molecule has 0 saturated heterocycles. The lowest BCUT2D eigenvalue weighted by Crippen LogP contribution is -2.39. The number of hydrogen-bond acceptors (Lipinski definition) is 3. The number of aliphatic hydroxyl groups is 1. The van der Waals surface area contributed by atoms with Crippen molar-refractivity contribution >= 4 is 12.0 Å². The molecule has 0 radical (unpaired) electrons. The molecule has 1 aromatic carbocycles. The van der Waals surface area contributed by atoms with Crippen LogP contribution >= 0.6 is 0 Å². The summed E-state index contributed by atoms with van der Waals surface area (Å²) in [5, 5.41) is 10.3. The van der Waals surface area contributed by atoms with Crippen molar-refractivity contribution in [2.75, 3.05) is 18.5 Å². The van der Waals surface area contributed by atoms with E-state index in [4.69, 9.17) is 0 Å². The first-order valence-electron chi connectivity index (χ1n) is 6.12. The predicted molar refractivity (Wildman–Crippen MR) is 68.5 cm³/mol. The Bertz CT molecular complexity index is 380. The van der Waals surface area contributed by atoms with Gasteiger partial charge in [0.2, 0.25) is 0 Å². The van der Waals surface area contributed by atoms with Gasteiger partial charge in [0.1, 0.15) is 6.29 Å². The van der Waals surface area contributed by atoms with Crippen LogP contribution in [-0.4, -0.2) is 30.6 Å². The largest absolute Gasteiger partial charge is 0.388 e. The molecular formula is C14H19NO2. The van der Waals surface area contributed by atoms with Crippen molar-refractivity contribution in [3.63, 3.8) is 0 Å². The lowest BCUT2D eigenvalue weighted by molar-refractivity contribution is 0.0559. The standard InChI is InChI=1S/C14H19NO2/c1-15(11-14(17)8-2-3-9-14)13-6-4-12(10-16)5-7-13/h4-7,10,17H,2-3,8-9,11H2,1H3. The zero-order chi connectivity index (χ0) is 12.3. The highest BCUT2D eigenvalue weighted by molar-refractivity contribution is 5.75. The van der Waals surface area contributed by atoms with Crippen molar-refractivity contribution in [1.29, 1.82) is 0 Å². The van der Waals surface area contributed by atoms with Gasteiger partial charge in [-0.1, -0.05) is 12.8 Å². The molecule has 0 unspecified atom stereocenters. The molecule has 3 nitrogen and oxygen atoms in total. The van der Waals surface area contributed by atoms with Crippen LogP contribution in [0.5, 0.6) is 0 Å². The van der Waals surface area contributed by atoms with E-state index in [0.29, 0.717) is 12.1 Å². The number of aldehydes is 1. The fourth-order valence-corrected chi connectivity index (χ4v) is 2.53. The third-order valence-electron chi connectivity index (χ3n) is 3.54. The summed E-state index contributed by atoms with van der Waals surface area (Å²) >= 11 is 0. The summed E-state index contributed by atoms with van der Waals surface area (Å²) in [6, 6.07) is 7.44. The average Bonchev–Trinajstić information content (AvgIpc) is 2.76. The van der Waals surface area contributed by atoms with Crippen molar-refractivity contribution in [1.82, 2.24) is 0 Å². The minimum Gasteiger partial charge on any atom is -0.388 e. The molecule has 1 fully saturated rings. The zero-order valence-electron chi connectivity index (χ0n) is 10.2. The van der Waals surface area contributed by atoms with Crippen LogP contribution in [0.15, 0.2) is 24.3 Å². The summed E-state index contributed by atoms with van der Waals surface area (Å²) in [5.74, 6) is 0. The van der Waals surface area contributed by atoms with E-state index < -0.39 is 5.60 Å². The Labute approximate surface area is 102 Å². The second-order valence-electron chi connectivity index (χ2n) is 5.00. The van der Waals surface area contributed by atoms with E-state index in [9.17, 15) is 9.90 Å². The minimum absolute atomic E-state index is 0.530. The van der Waals surface area contributed by atoms with Crippen molar-refractivity contribution < 1.29 is 9.90 Å². The van der Waals surface area contributed by atoms with Crippen LogP contribution in [0.2, 0.25) is 0 Å². The summed E-state index contributed by atoms with van der Waals surface area (Å²) < 4.78 is 0. The Balaban J connectivity index is 2.03. The first-order chi connectivity index (χ1) is 8.13. The van der Waals surface area contributed by atoms with Gasteiger partial charge < -0.3 is 10.0 Å². The molecule has 0 spiro atoms. The van der Waals surface area contributed by atoms with Gasteiger partial charge in [0.05, 0.1) is 5.60 Å². The molecule has 1 saturated carbocycles. The molecular weight excluding hydrogens is 214 g/mol. The Hall–Kier alpha value is -1.35. The number of rotatable bonds is 4. The van der Waals surface area contributed by atoms with Gasteiger partial charge in [0.15, 0.2) is 0 Å². The fraction of sp³-hybridized carbons (Fsp3) is 0.500. The molecule has 0 atom stereocenters. The lowest BCUT2D eigenvalue weighted by Gasteiger charge is -2.30. The fourth-order valence-electron chi connectivity index (χ4n) is 2.53. The molecule has 1 aliphatic carbocycles. The molecule has 0 bridgehead atoms. The molecule has 92 valence electrons. The van der Waals surface area contributed by atoms with Crippen LogP contribution in [-0.2, 0) is 0 Å². The van der Waals surface area contributed by atoms with E-state index in [1.807, 2.05) is 19.2 Å². The molecule has 1 aliphatic rings. The predicted octanol–water partition coefficient (Wildman–Crippen LogP) is 2.24. The molecule has 0 heterocycles. The van der Waals surface area contributed by atoms with Crippen molar-refractivity contribution in [2.45, 2.75) is 31.3 Å². The molecule has 0 aliphatic heterocycles. The summed E-state index contributed by atoms with van der Waals surface area (Å²) in [6.45, 7) is 0.660. The monoisotopic (exact) mass is 233 g/mol. The van der Waals surface area contributed by atoms with Crippen LogP contribution in [0.1, 0.15) is 36.0 Å². The van der Waals surface area contributed by atoms with Crippen molar-refractivity contribution in [3.05, 3.63) is 29.8 Å². The molecule has 17 heavy (non-hydrogen) atoms. The van der Waals surface area contributed by atoms with E-state index in [2.05, 4.69) is 4.90 Å². The normalized spacial score (nSPS) is 18.0. The lowest BCUT2D eigenvalue weighted by atomic mass is 10.0. The first kappa shape index (κ1) is 12.1. The number of nitrogens with zero attached hydrogens (tertiary/aromatic N) is 1. The molecule has 0 aromatic heterocycles. The van der Waals surface area contributed by atoms with E-state index in [0.717, 1.165) is 37.7 Å². The van der Waals surface area contributed by atoms with Crippen molar-refractivity contribution in [2.24, 2.45) is 0 Å². The average molecular weight is 233 g/mol. The van der Waals surface area contributed by atoms with E-state index in [1.165, 1.54) is 0 Å². The Morgan fingerprint density at radius 1 is 1.29 bits per heavy atom. The number of carbonyl (C=O) groups excluding carboxylic acids is 1. The molecule has 0 amide bonds. The Morgan fingerprint density at radius 2 is 1.88 bits per heavy atom. The van der Waals surface area contributed by atoms with Gasteiger partial charge in [0.25, 0.3) is 0 Å². The van der Waals surface area contributed by atoms with Gasteiger partial charge in [-0.3, -0.25) is 4.79 Å². The van der Waals surface area contributed by atoms with Crippen LogP contribution < -0.4 is 4.90 Å². The van der Waals surface area contributed by atoms with Crippen LogP contribution in [0.4, 0.5) is 5.69 Å². The first-order valence-corrected chi connectivity index (χ1v) is 6.12. The van der Waals surface area contributed by atoms with Gasteiger partial charge in [-0.05, 0) is 37.1 Å². The van der Waals surface area contributed by atoms with Gasteiger partial charge in [0, 0.05) is 24.8 Å². The third-order valence-corrected chi connectivity index (χ3v) is 3.54. The third kappa shape index (κ3) is 2.86. The maximum Gasteiger partial charge on any atom is 0.150 e. The number of likely N-dealkylation sites (N-methyl/N-ethyl adjacent to an activating group) is 1. The van der Waals surface area contributed by atoms with E-state index in [-0.39, 0.29) is 0 Å². The number of hydrogen-bond donors (Lipinski definition) is 1. The maximum atomic E-state index is 10.6. The SMILES string of the molecule is CN(CC1(O)CCCC1)c1ccc(C=O)cc1. The second-order valence-corrected chi connectivity index (χ2v) is 5.00. The summed E-state index contributed by atoms with van der Waals surface area (Å²) in [5.41, 5.74) is 1.19. The quantitative estimate of drug-likeness (QED) is 0.811. The maximum absolute atomic E-state index is 10.6. The Kier molecular flexibility index (Phi) is 3.48. The van der Waals surface area contributed by atoms with Gasteiger partial charge in [-0.25, -0.2) is 0 Å². The highest BCUT2D eigenvalue weighted by Gasteiger charge is 2.32. The molecule has 1 N–H and O–H groups in total. The van der Waals surface area contributed by atoms with Crippen molar-refractivity contribution in [3.8, 4) is 0 Å². The summed E-state index contributed by atoms with van der Waals surface area (Å²) in [4.78, 5) is 12.6. The smallest absolute Gasteiger partial charge is 0.150 e. The molecule has 3 heteroatoms. The minimum atomic E-state index is -0.530. The second kappa shape index (κ2) is 4.88.